The first-order chi connectivity index (χ1) is 10.5. The van der Waals surface area contributed by atoms with Crippen molar-refractivity contribution in [3.63, 3.8) is 0 Å². The third-order valence-corrected chi connectivity index (χ3v) is 5.07. The van der Waals surface area contributed by atoms with Gasteiger partial charge in [-0.1, -0.05) is 52.9 Å². The van der Waals surface area contributed by atoms with Crippen LogP contribution in [-0.4, -0.2) is 28.4 Å². The van der Waals surface area contributed by atoms with Gasteiger partial charge in [0.1, 0.15) is 0 Å². The summed E-state index contributed by atoms with van der Waals surface area (Å²) in [5, 5.41) is 15.0. The molecule has 0 saturated heterocycles. The van der Waals surface area contributed by atoms with E-state index in [9.17, 15) is 4.79 Å². The summed E-state index contributed by atoms with van der Waals surface area (Å²) in [5.41, 5.74) is 0.783. The lowest BCUT2D eigenvalue weighted by Crippen LogP contribution is -2.13. The van der Waals surface area contributed by atoms with Crippen LogP contribution >= 0.6 is 39.0 Å². The van der Waals surface area contributed by atoms with Crippen LogP contribution in [0.3, 0.4) is 0 Å². The number of halogens is 1. The van der Waals surface area contributed by atoms with Crippen LogP contribution in [0.5, 0.6) is 0 Å². The van der Waals surface area contributed by atoms with Gasteiger partial charge in [0.25, 0.3) is 0 Å². The lowest BCUT2D eigenvalue weighted by molar-refractivity contribution is -0.113. The van der Waals surface area contributed by atoms with Crippen LogP contribution in [-0.2, 0) is 4.79 Å². The van der Waals surface area contributed by atoms with Gasteiger partial charge < -0.3 is 10.6 Å². The second-order valence-corrected chi connectivity index (χ2v) is 8.11. The fourth-order valence-electron chi connectivity index (χ4n) is 1.49. The Balaban J connectivity index is 1.77. The summed E-state index contributed by atoms with van der Waals surface area (Å²) < 4.78 is 1.77. The molecule has 0 unspecified atom stereocenters. The Labute approximate surface area is 146 Å². The highest BCUT2D eigenvalue weighted by Crippen LogP contribution is 2.25. The topological polar surface area (TPSA) is 66.9 Å². The van der Waals surface area contributed by atoms with Crippen molar-refractivity contribution in [1.29, 1.82) is 0 Å². The summed E-state index contributed by atoms with van der Waals surface area (Å²) in [6.45, 7) is 5.13. The number of amides is 1. The molecule has 0 fully saturated rings. The van der Waals surface area contributed by atoms with Crippen LogP contribution in [0.15, 0.2) is 33.1 Å². The van der Waals surface area contributed by atoms with Crippen molar-refractivity contribution in [2.45, 2.75) is 18.2 Å². The van der Waals surface area contributed by atoms with Gasteiger partial charge in [-0.2, -0.15) is 0 Å². The summed E-state index contributed by atoms with van der Waals surface area (Å²) in [5.74, 6) is 0.811. The maximum absolute atomic E-state index is 11.9. The van der Waals surface area contributed by atoms with Gasteiger partial charge in [0.2, 0.25) is 11.0 Å². The number of carbonyl (C=O) groups excluding carboxylic acids is 1. The summed E-state index contributed by atoms with van der Waals surface area (Å²) in [7, 11) is 0. The van der Waals surface area contributed by atoms with E-state index in [1.165, 1.54) is 23.1 Å². The summed E-state index contributed by atoms with van der Waals surface area (Å²) in [4.78, 5) is 11.9. The predicted molar refractivity (Wildman–Crippen MR) is 96.7 cm³/mol. The molecule has 0 spiro atoms. The molecule has 0 aliphatic rings. The average molecular weight is 401 g/mol. The van der Waals surface area contributed by atoms with E-state index >= 15 is 0 Å². The van der Waals surface area contributed by atoms with Crippen LogP contribution < -0.4 is 10.6 Å². The molecule has 5 nitrogen and oxygen atoms in total. The molecule has 1 aromatic carbocycles. The van der Waals surface area contributed by atoms with Crippen molar-refractivity contribution in [2.24, 2.45) is 5.92 Å². The number of benzene rings is 1. The number of rotatable bonds is 7. The van der Waals surface area contributed by atoms with Gasteiger partial charge in [-0.25, -0.2) is 0 Å². The van der Waals surface area contributed by atoms with Crippen molar-refractivity contribution in [2.75, 3.05) is 22.9 Å². The number of hydrogen-bond acceptors (Lipinski definition) is 6. The van der Waals surface area contributed by atoms with E-state index in [-0.39, 0.29) is 5.91 Å². The van der Waals surface area contributed by atoms with E-state index in [1.54, 1.807) is 0 Å². The van der Waals surface area contributed by atoms with Gasteiger partial charge in [-0.05, 0) is 30.2 Å². The first kappa shape index (κ1) is 17.2. The molecule has 0 saturated carbocycles. The molecule has 1 heterocycles. The highest BCUT2D eigenvalue weighted by atomic mass is 79.9. The normalized spacial score (nSPS) is 10.7. The Morgan fingerprint density at radius 2 is 2.05 bits per heavy atom. The van der Waals surface area contributed by atoms with Crippen LogP contribution in [0.2, 0.25) is 0 Å². The van der Waals surface area contributed by atoms with Gasteiger partial charge >= 0.3 is 0 Å². The monoisotopic (exact) mass is 400 g/mol. The Morgan fingerprint density at radius 3 is 2.73 bits per heavy atom. The summed E-state index contributed by atoms with van der Waals surface area (Å²) in [6.07, 6.45) is 0. The first-order valence-corrected chi connectivity index (χ1v) is 9.38. The maximum atomic E-state index is 11.9. The van der Waals surface area contributed by atoms with Crippen LogP contribution in [0.25, 0.3) is 0 Å². The van der Waals surface area contributed by atoms with E-state index in [2.05, 4.69) is 50.6 Å². The molecule has 0 aliphatic carbocycles. The van der Waals surface area contributed by atoms with E-state index in [0.29, 0.717) is 11.7 Å². The second kappa shape index (κ2) is 8.50. The lowest BCUT2D eigenvalue weighted by Gasteiger charge is -2.04. The first-order valence-electron chi connectivity index (χ1n) is 6.78. The van der Waals surface area contributed by atoms with E-state index in [1.807, 2.05) is 24.3 Å². The average Bonchev–Trinajstić information content (AvgIpc) is 2.93. The molecule has 1 aromatic heterocycles. The van der Waals surface area contributed by atoms with E-state index in [4.69, 9.17) is 0 Å². The van der Waals surface area contributed by atoms with Crippen molar-refractivity contribution in [3.05, 3.63) is 28.7 Å². The number of thioether (sulfide) groups is 1. The molecular formula is C14H17BrN4OS2. The van der Waals surface area contributed by atoms with Crippen molar-refractivity contribution >= 4 is 55.8 Å². The quantitative estimate of drug-likeness (QED) is 0.684. The number of aromatic nitrogens is 2. The van der Waals surface area contributed by atoms with Gasteiger partial charge in [-0.3, -0.25) is 4.79 Å². The van der Waals surface area contributed by atoms with Gasteiger partial charge in [0.05, 0.1) is 5.75 Å². The fourth-order valence-corrected chi connectivity index (χ4v) is 3.31. The Kier molecular flexibility index (Phi) is 6.66. The molecule has 0 radical (unpaired) electrons. The van der Waals surface area contributed by atoms with Gasteiger partial charge in [0.15, 0.2) is 4.34 Å². The van der Waals surface area contributed by atoms with E-state index < -0.39 is 0 Å². The standard InChI is InChI=1S/C14H17BrN4OS2/c1-9(2)7-16-13-18-19-14(22-13)21-8-12(20)17-11-5-3-10(15)4-6-11/h3-6,9H,7-8H2,1-2H3,(H,16,18)(H,17,20). The Morgan fingerprint density at radius 1 is 1.32 bits per heavy atom. The number of nitrogens with one attached hydrogen (secondary N) is 2. The predicted octanol–water partition coefficient (Wildman–Crippen LogP) is 4.10. The van der Waals surface area contributed by atoms with Gasteiger partial charge in [0, 0.05) is 16.7 Å². The SMILES string of the molecule is CC(C)CNc1nnc(SCC(=O)Nc2ccc(Br)cc2)s1. The summed E-state index contributed by atoms with van der Waals surface area (Å²) in [6, 6.07) is 7.48. The fraction of sp³-hybridized carbons (Fsp3) is 0.357. The number of anilines is 2. The zero-order valence-corrected chi connectivity index (χ0v) is 15.5. The smallest absolute Gasteiger partial charge is 0.234 e. The highest BCUT2D eigenvalue weighted by Gasteiger charge is 2.08. The molecule has 1 amide bonds. The molecular weight excluding hydrogens is 384 g/mol. The third-order valence-electron chi connectivity index (χ3n) is 2.52. The number of nitrogens with zero attached hydrogens (tertiary/aromatic N) is 2. The van der Waals surface area contributed by atoms with Crippen LogP contribution in [0, 0.1) is 5.92 Å². The highest BCUT2D eigenvalue weighted by molar-refractivity contribution is 9.10. The second-order valence-electron chi connectivity index (χ2n) is 4.99. The van der Waals surface area contributed by atoms with Crippen molar-refractivity contribution in [3.8, 4) is 0 Å². The van der Waals surface area contributed by atoms with Crippen molar-refractivity contribution in [1.82, 2.24) is 10.2 Å². The minimum atomic E-state index is -0.0563. The molecule has 2 aromatic rings. The molecule has 22 heavy (non-hydrogen) atoms. The van der Waals surface area contributed by atoms with Crippen LogP contribution in [0.1, 0.15) is 13.8 Å². The molecule has 2 N–H and O–H groups in total. The molecule has 0 bridgehead atoms. The maximum Gasteiger partial charge on any atom is 0.234 e. The van der Waals surface area contributed by atoms with Gasteiger partial charge in [-0.15, -0.1) is 10.2 Å². The number of carbonyl (C=O) groups is 1. The molecule has 2 rings (SSSR count). The Bertz CT molecular complexity index is 616. The zero-order valence-electron chi connectivity index (χ0n) is 12.3. The molecule has 0 aliphatic heterocycles. The van der Waals surface area contributed by atoms with Crippen LogP contribution in [0.4, 0.5) is 10.8 Å². The third kappa shape index (κ3) is 5.94. The molecule has 8 heteroatoms. The minimum absolute atomic E-state index is 0.0563. The summed E-state index contributed by atoms with van der Waals surface area (Å²) >= 11 is 6.22. The van der Waals surface area contributed by atoms with Crippen molar-refractivity contribution < 1.29 is 4.79 Å². The van der Waals surface area contributed by atoms with E-state index in [0.717, 1.165) is 26.2 Å². The minimum Gasteiger partial charge on any atom is -0.360 e. The lowest BCUT2D eigenvalue weighted by atomic mass is 10.2. The largest absolute Gasteiger partial charge is 0.360 e. The zero-order chi connectivity index (χ0) is 15.9. The number of hydrogen-bond donors (Lipinski definition) is 2. The molecule has 0 atom stereocenters. The molecule has 118 valence electrons. The Hall–Kier alpha value is -1.12.